The van der Waals surface area contributed by atoms with Crippen LogP contribution in [0.4, 0.5) is 11.4 Å². The summed E-state index contributed by atoms with van der Waals surface area (Å²) in [5.74, 6) is 0. The second-order valence-corrected chi connectivity index (χ2v) is 4.65. The summed E-state index contributed by atoms with van der Waals surface area (Å²) in [6.07, 6.45) is 0. The number of anilines is 2. The number of nitrogens with one attached hydrogen (secondary N) is 2. The van der Waals surface area contributed by atoms with Crippen molar-refractivity contribution in [1.82, 2.24) is 5.32 Å². The Hall–Kier alpha value is -1.26. The summed E-state index contributed by atoms with van der Waals surface area (Å²) in [6.45, 7) is 5.83. The fourth-order valence-electron chi connectivity index (χ4n) is 2.22. The average Bonchev–Trinajstić information content (AvgIpc) is 2.36. The SMILES string of the molecule is c1cc(N2CCOCC2)ccc1NC1CNC1. The molecule has 0 saturated carbocycles. The Kier molecular flexibility index (Phi) is 3.16. The second kappa shape index (κ2) is 4.94. The van der Waals surface area contributed by atoms with Gasteiger partial charge in [-0.2, -0.15) is 0 Å². The Morgan fingerprint density at radius 3 is 2.41 bits per heavy atom. The topological polar surface area (TPSA) is 36.5 Å². The maximum atomic E-state index is 5.36. The van der Waals surface area contributed by atoms with Gasteiger partial charge in [-0.15, -0.1) is 0 Å². The van der Waals surface area contributed by atoms with Crippen molar-refractivity contribution in [3.05, 3.63) is 24.3 Å². The molecule has 0 atom stereocenters. The second-order valence-electron chi connectivity index (χ2n) is 4.65. The highest BCUT2D eigenvalue weighted by Gasteiger charge is 2.16. The maximum Gasteiger partial charge on any atom is 0.0642 e. The minimum atomic E-state index is 0.601. The molecule has 2 fully saturated rings. The largest absolute Gasteiger partial charge is 0.380 e. The van der Waals surface area contributed by atoms with Gasteiger partial charge in [-0.3, -0.25) is 0 Å². The fraction of sp³-hybridized carbons (Fsp3) is 0.538. The average molecular weight is 233 g/mol. The van der Waals surface area contributed by atoms with Crippen LogP contribution in [0.25, 0.3) is 0 Å². The number of hydrogen-bond acceptors (Lipinski definition) is 4. The molecule has 2 N–H and O–H groups in total. The zero-order chi connectivity index (χ0) is 11.5. The van der Waals surface area contributed by atoms with Crippen LogP contribution in [0.3, 0.4) is 0 Å². The van der Waals surface area contributed by atoms with Crippen LogP contribution in [0.1, 0.15) is 0 Å². The summed E-state index contributed by atoms with van der Waals surface area (Å²) in [4.78, 5) is 2.37. The van der Waals surface area contributed by atoms with Gasteiger partial charge in [0.25, 0.3) is 0 Å². The van der Waals surface area contributed by atoms with E-state index < -0.39 is 0 Å². The molecule has 1 aromatic rings. The molecule has 3 rings (SSSR count). The van der Waals surface area contributed by atoms with E-state index in [2.05, 4.69) is 39.8 Å². The van der Waals surface area contributed by atoms with Crippen molar-refractivity contribution in [2.75, 3.05) is 49.6 Å². The third kappa shape index (κ3) is 2.53. The summed E-state index contributed by atoms with van der Waals surface area (Å²) in [5, 5.41) is 6.76. The molecule has 0 bridgehead atoms. The zero-order valence-electron chi connectivity index (χ0n) is 9.98. The summed E-state index contributed by atoms with van der Waals surface area (Å²) >= 11 is 0. The molecule has 0 amide bonds. The van der Waals surface area contributed by atoms with E-state index in [4.69, 9.17) is 4.74 Å². The van der Waals surface area contributed by atoms with Crippen molar-refractivity contribution in [1.29, 1.82) is 0 Å². The van der Waals surface area contributed by atoms with Crippen molar-refractivity contribution >= 4 is 11.4 Å². The molecule has 2 aliphatic rings. The van der Waals surface area contributed by atoms with Crippen LogP contribution in [-0.2, 0) is 4.74 Å². The van der Waals surface area contributed by atoms with Crippen LogP contribution in [0.5, 0.6) is 0 Å². The van der Waals surface area contributed by atoms with E-state index in [1.807, 2.05) is 0 Å². The minimum Gasteiger partial charge on any atom is -0.380 e. The number of ether oxygens (including phenoxy) is 1. The first-order valence-electron chi connectivity index (χ1n) is 6.32. The van der Waals surface area contributed by atoms with Crippen LogP contribution >= 0.6 is 0 Å². The number of benzene rings is 1. The lowest BCUT2D eigenvalue weighted by Gasteiger charge is -2.30. The lowest BCUT2D eigenvalue weighted by molar-refractivity contribution is 0.122. The predicted octanol–water partition coefficient (Wildman–Crippen LogP) is 0.907. The van der Waals surface area contributed by atoms with Crippen LogP contribution in [0, 0.1) is 0 Å². The number of morpholine rings is 1. The monoisotopic (exact) mass is 233 g/mol. The Labute approximate surface area is 102 Å². The maximum absolute atomic E-state index is 5.36. The van der Waals surface area contributed by atoms with Gasteiger partial charge in [0.1, 0.15) is 0 Å². The first-order valence-corrected chi connectivity index (χ1v) is 6.32. The van der Waals surface area contributed by atoms with E-state index in [1.165, 1.54) is 11.4 Å². The molecule has 2 heterocycles. The Balaban J connectivity index is 1.62. The van der Waals surface area contributed by atoms with Crippen LogP contribution < -0.4 is 15.5 Å². The normalized spacial score (nSPS) is 21.1. The molecule has 4 heteroatoms. The Bertz CT molecular complexity index is 355. The lowest BCUT2D eigenvalue weighted by atomic mass is 10.1. The van der Waals surface area contributed by atoms with E-state index in [9.17, 15) is 0 Å². The fourth-order valence-corrected chi connectivity index (χ4v) is 2.22. The summed E-state index contributed by atoms with van der Waals surface area (Å²) in [7, 11) is 0. The minimum absolute atomic E-state index is 0.601. The van der Waals surface area contributed by atoms with Crippen LogP contribution in [0.15, 0.2) is 24.3 Å². The summed E-state index contributed by atoms with van der Waals surface area (Å²) in [6, 6.07) is 9.33. The zero-order valence-corrected chi connectivity index (χ0v) is 9.98. The third-order valence-electron chi connectivity index (χ3n) is 3.40. The van der Waals surface area contributed by atoms with E-state index in [0.29, 0.717) is 6.04 Å². The highest BCUT2D eigenvalue weighted by molar-refractivity contribution is 5.55. The molecule has 0 radical (unpaired) electrons. The van der Waals surface area contributed by atoms with E-state index in [0.717, 1.165) is 39.4 Å². The molecule has 0 spiro atoms. The van der Waals surface area contributed by atoms with E-state index >= 15 is 0 Å². The molecule has 17 heavy (non-hydrogen) atoms. The van der Waals surface area contributed by atoms with Gasteiger partial charge in [0, 0.05) is 37.6 Å². The Morgan fingerprint density at radius 1 is 1.12 bits per heavy atom. The van der Waals surface area contributed by atoms with Gasteiger partial charge < -0.3 is 20.3 Å². The molecule has 0 aromatic heterocycles. The van der Waals surface area contributed by atoms with Gasteiger partial charge in [0.05, 0.1) is 19.3 Å². The van der Waals surface area contributed by atoms with Crippen molar-refractivity contribution in [2.45, 2.75) is 6.04 Å². The number of nitrogens with zero attached hydrogens (tertiary/aromatic N) is 1. The van der Waals surface area contributed by atoms with Gasteiger partial charge in [-0.25, -0.2) is 0 Å². The first-order chi connectivity index (χ1) is 8.42. The molecule has 4 nitrogen and oxygen atoms in total. The van der Waals surface area contributed by atoms with Gasteiger partial charge in [0.2, 0.25) is 0 Å². The molecular formula is C13H19N3O. The van der Waals surface area contributed by atoms with E-state index in [-0.39, 0.29) is 0 Å². The van der Waals surface area contributed by atoms with E-state index in [1.54, 1.807) is 0 Å². The van der Waals surface area contributed by atoms with Crippen molar-refractivity contribution in [2.24, 2.45) is 0 Å². The molecule has 1 aromatic carbocycles. The predicted molar refractivity (Wildman–Crippen MR) is 69.8 cm³/mol. The summed E-state index contributed by atoms with van der Waals surface area (Å²) in [5.41, 5.74) is 2.51. The van der Waals surface area contributed by atoms with Gasteiger partial charge in [-0.1, -0.05) is 0 Å². The standard InChI is InChI=1S/C13H19N3O/c1-3-13(16-5-7-17-8-6-16)4-2-11(1)15-12-9-14-10-12/h1-4,12,14-15H,5-10H2. The van der Waals surface area contributed by atoms with Gasteiger partial charge in [-0.05, 0) is 24.3 Å². The first kappa shape index (κ1) is 10.9. The molecule has 0 aliphatic carbocycles. The highest BCUT2D eigenvalue weighted by Crippen LogP contribution is 2.19. The summed E-state index contributed by atoms with van der Waals surface area (Å²) < 4.78 is 5.36. The lowest BCUT2D eigenvalue weighted by Crippen LogP contribution is -2.51. The smallest absolute Gasteiger partial charge is 0.0642 e. The van der Waals surface area contributed by atoms with Gasteiger partial charge in [0.15, 0.2) is 0 Å². The third-order valence-corrected chi connectivity index (χ3v) is 3.40. The van der Waals surface area contributed by atoms with Crippen LogP contribution in [-0.4, -0.2) is 45.4 Å². The molecule has 2 saturated heterocycles. The van der Waals surface area contributed by atoms with Gasteiger partial charge >= 0.3 is 0 Å². The molecule has 2 aliphatic heterocycles. The van der Waals surface area contributed by atoms with Crippen molar-refractivity contribution in [3.63, 3.8) is 0 Å². The number of hydrogen-bond donors (Lipinski definition) is 2. The quantitative estimate of drug-likeness (QED) is 0.813. The highest BCUT2D eigenvalue weighted by atomic mass is 16.5. The Morgan fingerprint density at radius 2 is 1.82 bits per heavy atom. The number of rotatable bonds is 3. The van der Waals surface area contributed by atoms with Crippen molar-refractivity contribution < 1.29 is 4.74 Å². The molecular weight excluding hydrogens is 214 g/mol. The van der Waals surface area contributed by atoms with Crippen LogP contribution in [0.2, 0.25) is 0 Å². The molecule has 92 valence electrons. The van der Waals surface area contributed by atoms with Crippen molar-refractivity contribution in [3.8, 4) is 0 Å². The molecule has 0 unspecified atom stereocenters.